The van der Waals surface area contributed by atoms with E-state index < -0.39 is 11.9 Å². The van der Waals surface area contributed by atoms with Crippen molar-refractivity contribution in [1.29, 1.82) is 0 Å². The van der Waals surface area contributed by atoms with E-state index in [1.165, 1.54) is 89.9 Å². The Morgan fingerprint density at radius 3 is 1.68 bits per heavy atom. The van der Waals surface area contributed by atoms with Crippen LogP contribution in [0.3, 0.4) is 0 Å². The SMILES string of the molecule is CCCC/C=C/CCCCCCCCCCCCCCC(CC(=O)OCCC)C(=O)O. The van der Waals surface area contributed by atoms with Gasteiger partial charge in [0.25, 0.3) is 0 Å². The molecule has 0 spiro atoms. The van der Waals surface area contributed by atoms with Gasteiger partial charge >= 0.3 is 11.9 Å². The van der Waals surface area contributed by atoms with Crippen molar-refractivity contribution in [2.45, 2.75) is 136 Å². The lowest BCUT2D eigenvalue weighted by Gasteiger charge is -2.11. The summed E-state index contributed by atoms with van der Waals surface area (Å²) in [6.07, 6.45) is 26.3. The molecular formula is C27H50O4. The quantitative estimate of drug-likeness (QED) is 0.0991. The van der Waals surface area contributed by atoms with Crippen molar-refractivity contribution in [3.05, 3.63) is 12.2 Å². The van der Waals surface area contributed by atoms with E-state index in [-0.39, 0.29) is 12.4 Å². The van der Waals surface area contributed by atoms with Gasteiger partial charge in [0.2, 0.25) is 0 Å². The molecule has 0 bridgehead atoms. The molecule has 0 saturated heterocycles. The van der Waals surface area contributed by atoms with E-state index in [1.807, 2.05) is 6.92 Å². The van der Waals surface area contributed by atoms with Gasteiger partial charge in [0.05, 0.1) is 18.9 Å². The van der Waals surface area contributed by atoms with Gasteiger partial charge in [0.15, 0.2) is 0 Å². The number of aliphatic carboxylic acids is 1. The molecule has 0 aromatic heterocycles. The van der Waals surface area contributed by atoms with Crippen LogP contribution in [0.1, 0.15) is 136 Å². The standard InChI is InChI=1S/C27H50O4/c1-3-5-6-7-8-9-10-11-12-13-14-15-16-17-18-19-20-21-22-25(27(29)30)24-26(28)31-23-4-2/h7-8,25H,3-6,9-24H2,1-2H3,(H,29,30)/b8-7+. The zero-order chi connectivity index (χ0) is 23.0. The van der Waals surface area contributed by atoms with Gasteiger partial charge in [0.1, 0.15) is 0 Å². The van der Waals surface area contributed by atoms with Crippen LogP contribution in [0.5, 0.6) is 0 Å². The summed E-state index contributed by atoms with van der Waals surface area (Å²) in [6.45, 7) is 4.55. The third-order valence-corrected chi connectivity index (χ3v) is 5.79. The van der Waals surface area contributed by atoms with Crippen molar-refractivity contribution >= 4 is 11.9 Å². The van der Waals surface area contributed by atoms with Crippen molar-refractivity contribution < 1.29 is 19.4 Å². The normalized spacial score (nSPS) is 12.3. The Hall–Kier alpha value is -1.32. The first-order chi connectivity index (χ1) is 15.1. The molecule has 1 N–H and O–H groups in total. The summed E-state index contributed by atoms with van der Waals surface area (Å²) < 4.78 is 5.01. The molecule has 0 saturated carbocycles. The number of carbonyl (C=O) groups excluding carboxylic acids is 1. The largest absolute Gasteiger partial charge is 0.481 e. The van der Waals surface area contributed by atoms with Crippen LogP contribution in [0.4, 0.5) is 0 Å². The Balaban J connectivity index is 3.42. The maximum atomic E-state index is 11.6. The Bertz CT molecular complexity index is 445. The minimum atomic E-state index is -0.878. The van der Waals surface area contributed by atoms with E-state index in [4.69, 9.17) is 4.74 Å². The van der Waals surface area contributed by atoms with Gasteiger partial charge in [-0.05, 0) is 32.1 Å². The van der Waals surface area contributed by atoms with Crippen LogP contribution in [0.25, 0.3) is 0 Å². The fraction of sp³-hybridized carbons (Fsp3) is 0.852. The Morgan fingerprint density at radius 1 is 0.710 bits per heavy atom. The van der Waals surface area contributed by atoms with Crippen molar-refractivity contribution in [3.63, 3.8) is 0 Å². The minimum absolute atomic E-state index is 0.00495. The van der Waals surface area contributed by atoms with E-state index in [0.29, 0.717) is 13.0 Å². The fourth-order valence-corrected chi connectivity index (χ4v) is 3.77. The molecule has 0 aromatic carbocycles. The first-order valence-electron chi connectivity index (χ1n) is 13.1. The zero-order valence-corrected chi connectivity index (χ0v) is 20.5. The molecule has 0 amide bonds. The summed E-state index contributed by atoms with van der Waals surface area (Å²) in [5.74, 6) is -1.85. The van der Waals surface area contributed by atoms with Crippen molar-refractivity contribution in [2.75, 3.05) is 6.61 Å². The number of carboxylic acid groups (broad SMARTS) is 1. The number of hydrogen-bond acceptors (Lipinski definition) is 3. The molecule has 4 heteroatoms. The Morgan fingerprint density at radius 2 is 1.19 bits per heavy atom. The first kappa shape index (κ1) is 29.7. The molecule has 0 aliphatic carbocycles. The number of carboxylic acids is 1. The van der Waals surface area contributed by atoms with E-state index in [9.17, 15) is 14.7 Å². The van der Waals surface area contributed by atoms with E-state index >= 15 is 0 Å². The fourth-order valence-electron chi connectivity index (χ4n) is 3.77. The summed E-state index contributed by atoms with van der Waals surface area (Å²) in [6, 6.07) is 0. The number of ether oxygens (including phenoxy) is 1. The Kier molecular flexibility index (Phi) is 22.4. The maximum absolute atomic E-state index is 11.6. The molecule has 31 heavy (non-hydrogen) atoms. The molecule has 1 unspecified atom stereocenters. The molecule has 0 aliphatic rings. The number of carbonyl (C=O) groups is 2. The van der Waals surface area contributed by atoms with Crippen LogP contribution >= 0.6 is 0 Å². The molecule has 0 aromatic rings. The van der Waals surface area contributed by atoms with Crippen LogP contribution < -0.4 is 0 Å². The lowest BCUT2D eigenvalue weighted by atomic mass is 9.97. The van der Waals surface area contributed by atoms with Gasteiger partial charge < -0.3 is 9.84 Å². The summed E-state index contributed by atoms with van der Waals surface area (Å²) in [4.78, 5) is 22.9. The molecule has 4 nitrogen and oxygen atoms in total. The maximum Gasteiger partial charge on any atom is 0.307 e. The Labute approximate surface area is 192 Å². The second-order valence-corrected chi connectivity index (χ2v) is 8.89. The predicted molar refractivity (Wildman–Crippen MR) is 130 cm³/mol. The van der Waals surface area contributed by atoms with Gasteiger partial charge in [-0.2, -0.15) is 0 Å². The summed E-state index contributed by atoms with van der Waals surface area (Å²) in [5.41, 5.74) is 0. The molecular weight excluding hydrogens is 388 g/mol. The predicted octanol–water partition coefficient (Wildman–Crippen LogP) is 8.24. The number of esters is 1. The van der Waals surface area contributed by atoms with Gasteiger partial charge in [-0.15, -0.1) is 0 Å². The van der Waals surface area contributed by atoms with Crippen LogP contribution in [-0.4, -0.2) is 23.7 Å². The number of allylic oxidation sites excluding steroid dienone is 2. The van der Waals surface area contributed by atoms with Gasteiger partial charge in [0, 0.05) is 0 Å². The number of rotatable bonds is 23. The average molecular weight is 439 g/mol. The van der Waals surface area contributed by atoms with Gasteiger partial charge in [-0.3, -0.25) is 9.59 Å². The van der Waals surface area contributed by atoms with Crippen LogP contribution in [0, 0.1) is 5.92 Å². The summed E-state index contributed by atoms with van der Waals surface area (Å²) in [5, 5.41) is 9.28. The highest BCUT2D eigenvalue weighted by Gasteiger charge is 2.21. The zero-order valence-electron chi connectivity index (χ0n) is 20.5. The third-order valence-electron chi connectivity index (χ3n) is 5.79. The molecule has 0 fully saturated rings. The average Bonchev–Trinajstić information content (AvgIpc) is 2.75. The van der Waals surface area contributed by atoms with E-state index in [1.54, 1.807) is 0 Å². The molecule has 1 atom stereocenters. The van der Waals surface area contributed by atoms with Crippen molar-refractivity contribution in [2.24, 2.45) is 5.92 Å². The molecule has 0 rings (SSSR count). The lowest BCUT2D eigenvalue weighted by molar-refractivity contribution is -0.151. The highest BCUT2D eigenvalue weighted by molar-refractivity contribution is 5.78. The van der Waals surface area contributed by atoms with E-state index in [0.717, 1.165) is 19.3 Å². The molecule has 0 heterocycles. The highest BCUT2D eigenvalue weighted by Crippen LogP contribution is 2.17. The summed E-state index contributed by atoms with van der Waals surface area (Å²) >= 11 is 0. The third kappa shape index (κ3) is 21.7. The van der Waals surface area contributed by atoms with Crippen molar-refractivity contribution in [3.8, 4) is 0 Å². The molecule has 0 radical (unpaired) electrons. The van der Waals surface area contributed by atoms with Crippen LogP contribution in [0.2, 0.25) is 0 Å². The minimum Gasteiger partial charge on any atom is -0.481 e. The second kappa shape index (κ2) is 23.3. The monoisotopic (exact) mass is 438 g/mol. The van der Waals surface area contributed by atoms with Crippen LogP contribution in [-0.2, 0) is 14.3 Å². The molecule has 0 aliphatic heterocycles. The van der Waals surface area contributed by atoms with Crippen LogP contribution in [0.15, 0.2) is 12.2 Å². The molecule has 182 valence electrons. The summed E-state index contributed by atoms with van der Waals surface area (Å²) in [7, 11) is 0. The smallest absolute Gasteiger partial charge is 0.307 e. The van der Waals surface area contributed by atoms with E-state index in [2.05, 4.69) is 19.1 Å². The van der Waals surface area contributed by atoms with Crippen molar-refractivity contribution in [1.82, 2.24) is 0 Å². The second-order valence-electron chi connectivity index (χ2n) is 8.89. The highest BCUT2D eigenvalue weighted by atomic mass is 16.5. The van der Waals surface area contributed by atoms with Gasteiger partial charge in [-0.1, -0.05) is 109 Å². The number of unbranched alkanes of at least 4 members (excludes halogenated alkanes) is 14. The topological polar surface area (TPSA) is 63.6 Å². The first-order valence-corrected chi connectivity index (χ1v) is 13.1. The lowest BCUT2D eigenvalue weighted by Crippen LogP contribution is -2.19. The number of hydrogen-bond donors (Lipinski definition) is 1. The van der Waals surface area contributed by atoms with Gasteiger partial charge in [-0.25, -0.2) is 0 Å².